The molecule has 9 N–H and O–H groups in total. The predicted molar refractivity (Wildman–Crippen MR) is 282 cm³/mol. The van der Waals surface area contributed by atoms with E-state index in [0.29, 0.717) is 18.4 Å². The number of esters is 1. The minimum absolute atomic E-state index is 0.0460. The van der Waals surface area contributed by atoms with E-state index < -0.39 is 119 Å². The lowest BCUT2D eigenvalue weighted by Crippen LogP contribution is -2.49. The van der Waals surface area contributed by atoms with Crippen molar-refractivity contribution >= 4 is 41.6 Å². The lowest BCUT2D eigenvalue weighted by atomic mass is 10.1. The molecule has 0 spiro atoms. The second-order valence-corrected chi connectivity index (χ2v) is 19.5. The van der Waals surface area contributed by atoms with Gasteiger partial charge in [0, 0.05) is 54.9 Å². The maximum Gasteiger partial charge on any atom is 0.407 e. The SMILES string of the molecule is Cc1cn(CC(=O)N[C@H](CCCCNC(=O)OC(C)(C)C)C(=O)NCCCC[C@@H](NC(=O)Cn2cc(C)c(=O)[nH]c2=O)C(=O)NCCCC[C@@H](NC(=O)Cn2cc(C)c(=O)[nH]c2=O)C(=O)OCc2ccccc2)c(=O)[nH]c1=O. The summed E-state index contributed by atoms with van der Waals surface area (Å²) in [6.07, 6.45) is 5.13. The summed E-state index contributed by atoms with van der Waals surface area (Å²) in [4.78, 5) is 171. The van der Waals surface area contributed by atoms with Crippen LogP contribution in [0, 0.1) is 20.8 Å². The van der Waals surface area contributed by atoms with Gasteiger partial charge in [0.05, 0.1) is 0 Å². The molecule has 0 radical (unpaired) electrons. The van der Waals surface area contributed by atoms with Crippen LogP contribution in [0.4, 0.5) is 4.79 Å². The van der Waals surface area contributed by atoms with E-state index in [4.69, 9.17) is 9.47 Å². The van der Waals surface area contributed by atoms with Crippen molar-refractivity contribution in [2.24, 2.45) is 0 Å². The molecule has 4 aromatic rings. The van der Waals surface area contributed by atoms with E-state index in [2.05, 4.69) is 46.9 Å². The number of aryl methyl sites for hydroxylation is 3. The Morgan fingerprint density at radius 3 is 1.26 bits per heavy atom. The summed E-state index contributed by atoms with van der Waals surface area (Å²) in [7, 11) is 0. The summed E-state index contributed by atoms with van der Waals surface area (Å²) in [6, 6.07) is 5.42. The van der Waals surface area contributed by atoms with E-state index in [1.54, 1.807) is 51.1 Å². The first-order chi connectivity index (χ1) is 36.9. The highest BCUT2D eigenvalue weighted by Crippen LogP contribution is 2.10. The number of aromatic amines is 3. The lowest BCUT2D eigenvalue weighted by Gasteiger charge is -2.21. The molecular weight excluding hydrogens is 1020 g/mol. The van der Waals surface area contributed by atoms with Crippen LogP contribution in [0.3, 0.4) is 0 Å². The fourth-order valence-electron chi connectivity index (χ4n) is 7.60. The predicted octanol–water partition coefficient (Wildman–Crippen LogP) is -0.972. The maximum absolute atomic E-state index is 13.7. The van der Waals surface area contributed by atoms with Crippen LogP contribution in [0.2, 0.25) is 0 Å². The number of carbonyl (C=O) groups is 7. The monoisotopic (exact) mass is 1090 g/mol. The molecule has 1 aromatic carbocycles. The summed E-state index contributed by atoms with van der Waals surface area (Å²) in [5, 5.41) is 16.0. The van der Waals surface area contributed by atoms with Crippen LogP contribution in [-0.2, 0) is 64.5 Å². The molecule has 424 valence electrons. The molecule has 27 nitrogen and oxygen atoms in total. The summed E-state index contributed by atoms with van der Waals surface area (Å²) in [5.41, 5.74) is -3.79. The number of aromatic nitrogens is 6. The third kappa shape index (κ3) is 21.5. The van der Waals surface area contributed by atoms with Crippen LogP contribution in [0.1, 0.15) is 101 Å². The second-order valence-electron chi connectivity index (χ2n) is 19.5. The number of alkyl carbamates (subject to hydrolysis) is 1. The van der Waals surface area contributed by atoms with Gasteiger partial charge in [0.25, 0.3) is 16.7 Å². The van der Waals surface area contributed by atoms with Crippen molar-refractivity contribution in [1.29, 1.82) is 0 Å². The standard InChI is InChI=1S/C51H70N12O15/c1-31-24-61(47(73)58-41(31)67)27-38(64)55-35(44(70)53-22-14-12-20-37(46(72)77-30-34-16-8-7-9-17-34)57-40(66)29-63-26-33(3)43(69)60-49(63)75)18-10-13-21-52-45(71)36(19-11-15-23-54-50(76)78-51(4,5)6)56-39(65)28-62-25-32(2)42(68)59-48(62)74/h7-9,16-17,24-26,35-37H,10-15,18-23,27-30H2,1-6H3,(H,52,71)(H,53,70)(H,54,76)(H,55,64)(H,56,65)(H,57,66)(H,58,67,73)(H,59,68,74)(H,60,69,75)/t35-,36-,37-/m1/s1. The zero-order valence-electron chi connectivity index (χ0n) is 44.6. The number of nitrogens with one attached hydrogen (secondary N) is 9. The smallest absolute Gasteiger partial charge is 0.407 e. The molecule has 0 aliphatic heterocycles. The highest BCUT2D eigenvalue weighted by atomic mass is 16.6. The third-order valence-corrected chi connectivity index (χ3v) is 11.7. The normalized spacial score (nSPS) is 12.3. The molecule has 78 heavy (non-hydrogen) atoms. The molecule has 3 atom stereocenters. The highest BCUT2D eigenvalue weighted by Gasteiger charge is 2.26. The Morgan fingerprint density at radius 1 is 0.513 bits per heavy atom. The number of H-pyrrole nitrogens is 3. The molecule has 0 fully saturated rings. The number of carbonyl (C=O) groups excluding carboxylic acids is 7. The van der Waals surface area contributed by atoms with Crippen LogP contribution in [0.5, 0.6) is 0 Å². The average molecular weight is 1090 g/mol. The minimum Gasteiger partial charge on any atom is -0.459 e. The molecule has 0 aliphatic rings. The number of rotatable bonds is 29. The molecule has 0 aliphatic carbocycles. The van der Waals surface area contributed by atoms with Crippen molar-refractivity contribution in [3.8, 4) is 0 Å². The second kappa shape index (κ2) is 30.2. The molecule has 0 bridgehead atoms. The van der Waals surface area contributed by atoms with Gasteiger partial charge in [-0.25, -0.2) is 24.0 Å². The molecule has 0 saturated carbocycles. The van der Waals surface area contributed by atoms with Gasteiger partial charge in [-0.15, -0.1) is 0 Å². The Bertz CT molecular complexity index is 3110. The summed E-state index contributed by atoms with van der Waals surface area (Å²) < 4.78 is 13.7. The fraction of sp³-hybridized carbons (Fsp3) is 0.510. The Hall–Kier alpha value is -8.65. The number of nitrogens with zero attached hydrogens (tertiary/aromatic N) is 3. The Labute approximate surface area is 446 Å². The van der Waals surface area contributed by atoms with Crippen molar-refractivity contribution in [2.45, 2.75) is 149 Å². The summed E-state index contributed by atoms with van der Waals surface area (Å²) in [5.74, 6) is -4.06. The summed E-state index contributed by atoms with van der Waals surface area (Å²) >= 11 is 0. The van der Waals surface area contributed by atoms with Crippen molar-refractivity contribution in [3.63, 3.8) is 0 Å². The van der Waals surface area contributed by atoms with Crippen LogP contribution < -0.4 is 65.6 Å². The molecule has 0 unspecified atom stereocenters. The van der Waals surface area contributed by atoms with Gasteiger partial charge in [-0.05, 0) is 105 Å². The van der Waals surface area contributed by atoms with Gasteiger partial charge in [0.2, 0.25) is 29.5 Å². The topological polar surface area (TPSA) is 375 Å². The van der Waals surface area contributed by atoms with E-state index in [9.17, 15) is 62.3 Å². The number of hydrogen-bond acceptors (Lipinski definition) is 15. The van der Waals surface area contributed by atoms with Crippen LogP contribution in [0.25, 0.3) is 0 Å². The number of benzene rings is 1. The number of hydrogen-bond donors (Lipinski definition) is 9. The Balaban J connectivity index is 1.38. The quantitative estimate of drug-likeness (QED) is 0.0233. The number of unbranched alkanes of at least 4 members (excludes halogenated alkanes) is 3. The zero-order valence-corrected chi connectivity index (χ0v) is 44.6. The molecule has 6 amide bonds. The fourth-order valence-corrected chi connectivity index (χ4v) is 7.60. The molecule has 3 heterocycles. The average Bonchev–Trinajstić information content (AvgIpc) is 3.37. The number of ether oxygens (including phenoxy) is 2. The third-order valence-electron chi connectivity index (χ3n) is 11.7. The Kier molecular flexibility index (Phi) is 24.0. The van der Waals surface area contributed by atoms with E-state index >= 15 is 0 Å². The lowest BCUT2D eigenvalue weighted by molar-refractivity contribution is -0.149. The van der Waals surface area contributed by atoms with E-state index in [1.807, 2.05) is 0 Å². The van der Waals surface area contributed by atoms with E-state index in [1.165, 1.54) is 39.4 Å². The van der Waals surface area contributed by atoms with Gasteiger partial charge in [0.1, 0.15) is 50.0 Å². The van der Waals surface area contributed by atoms with Crippen LogP contribution >= 0.6 is 0 Å². The maximum atomic E-state index is 13.7. The molecule has 3 aromatic heterocycles. The van der Waals surface area contributed by atoms with Gasteiger partial charge < -0.3 is 41.4 Å². The van der Waals surface area contributed by atoms with Gasteiger partial charge in [0.15, 0.2) is 0 Å². The largest absolute Gasteiger partial charge is 0.459 e. The van der Waals surface area contributed by atoms with Crippen LogP contribution in [0.15, 0.2) is 77.7 Å². The van der Waals surface area contributed by atoms with Crippen molar-refractivity contribution in [3.05, 3.63) is 134 Å². The molecule has 4 rings (SSSR count). The summed E-state index contributed by atoms with van der Waals surface area (Å²) in [6.45, 7) is 8.22. The van der Waals surface area contributed by atoms with E-state index in [0.717, 1.165) is 13.7 Å². The van der Waals surface area contributed by atoms with Crippen molar-refractivity contribution in [1.82, 2.24) is 60.6 Å². The van der Waals surface area contributed by atoms with Crippen molar-refractivity contribution in [2.75, 3.05) is 19.6 Å². The zero-order chi connectivity index (χ0) is 57.5. The van der Waals surface area contributed by atoms with Gasteiger partial charge in [-0.2, -0.15) is 0 Å². The minimum atomic E-state index is -1.17. The molecule has 27 heteroatoms. The first kappa shape index (κ1) is 61.9. The first-order valence-corrected chi connectivity index (χ1v) is 25.4. The van der Waals surface area contributed by atoms with E-state index in [-0.39, 0.29) is 87.9 Å². The van der Waals surface area contributed by atoms with Gasteiger partial charge in [-0.3, -0.25) is 67.0 Å². The van der Waals surface area contributed by atoms with Crippen LogP contribution in [-0.4, -0.2) is 114 Å². The molecule has 0 saturated heterocycles. The van der Waals surface area contributed by atoms with Crippen molar-refractivity contribution < 1.29 is 43.0 Å². The Morgan fingerprint density at radius 2 is 0.872 bits per heavy atom. The van der Waals surface area contributed by atoms with Gasteiger partial charge in [-0.1, -0.05) is 30.3 Å². The molecular formula is C51H70N12O15. The van der Waals surface area contributed by atoms with Gasteiger partial charge >= 0.3 is 29.1 Å². The highest BCUT2D eigenvalue weighted by molar-refractivity contribution is 5.88. The first-order valence-electron chi connectivity index (χ1n) is 25.4. The number of amides is 6.